The smallest absolute Gasteiger partial charge is 0.394 e. The second-order valence-corrected chi connectivity index (χ2v) is 35.8. The van der Waals surface area contributed by atoms with Crippen LogP contribution in [0.25, 0.3) is 0 Å². The zero-order valence-electron chi connectivity index (χ0n) is 72.7. The van der Waals surface area contributed by atoms with Crippen molar-refractivity contribution in [3.63, 3.8) is 0 Å². The second-order valence-electron chi connectivity index (χ2n) is 33.0. The van der Waals surface area contributed by atoms with Gasteiger partial charge >= 0.3 is 6.11 Å². The molecule has 0 saturated carbocycles. The lowest BCUT2D eigenvalue weighted by Crippen LogP contribution is -2.19. The van der Waals surface area contributed by atoms with Crippen LogP contribution < -0.4 is 9.47 Å². The zero-order valence-corrected chi connectivity index (χ0v) is 78.0. The lowest BCUT2D eigenvalue weighted by atomic mass is 9.88. The number of hydrogen-bond acceptors (Lipinski definition) is 3. The Labute approximate surface area is 710 Å². The summed E-state index contributed by atoms with van der Waals surface area (Å²) in [5.41, 5.74) is 13.6. The largest absolute Gasteiger partial charge is 0.495 e. The molecule has 0 heterocycles. The lowest BCUT2D eigenvalue weighted by Gasteiger charge is -2.19. The first kappa shape index (κ1) is 105. The maximum absolute atomic E-state index is 13.3. The standard InChI is InChI=1S/C13H17ClF2O.C13H17ClF2.2C12H17ClO.2C12H17Cl.C12H17F.C11H15Cl/c1-8(2)9(3)10-5-6-11(14)12(7-10)17-13(4,15)16;1-8(2)9(3)10-5-6-12(14)11(7-10)13(4,15)16;1-8(2)9(3)10-5-6-11(13)12(7-10)14-4;1-8(2)11(7-14)10-4-5-12(13)9(3)6-10;2*1-8(2)10(4)11-5-6-12(13)9(3)7-11;1-8(2)10(4)11-6-5-9(3)12(13)7-11;1-8(2)9(3)10-4-6-11(12)7-5-10/h5-9H,1-4H3;5-9H,1-4H3;5-9H,1-4H3;4-6,8,11,14H,7H2,1-3H3;3*5-8,10H,1-4H3;4-9H,1-3H3/t3*9-;11-;3*10-;9-/m00000000/s1. The van der Waals surface area contributed by atoms with Crippen molar-refractivity contribution in [1.29, 1.82) is 0 Å². The molecule has 0 aliphatic carbocycles. The van der Waals surface area contributed by atoms with E-state index in [1.54, 1.807) is 38.3 Å². The van der Waals surface area contributed by atoms with Crippen LogP contribution in [0.1, 0.15) is 293 Å². The minimum absolute atomic E-state index is 0.0316. The molecule has 0 bridgehead atoms. The van der Waals surface area contributed by atoms with Gasteiger partial charge in [-0.1, -0.05) is 319 Å². The summed E-state index contributed by atoms with van der Waals surface area (Å²) in [4.78, 5) is 0. The normalized spacial score (nSPS) is 13.5. The highest BCUT2D eigenvalue weighted by molar-refractivity contribution is 6.33. The van der Waals surface area contributed by atoms with E-state index < -0.39 is 12.0 Å². The molecule has 0 amide bonds. The van der Waals surface area contributed by atoms with E-state index in [1.165, 1.54) is 45.0 Å². The highest BCUT2D eigenvalue weighted by Crippen LogP contribution is 2.39. The topological polar surface area (TPSA) is 38.7 Å². The zero-order chi connectivity index (χ0) is 86.3. The van der Waals surface area contributed by atoms with E-state index in [9.17, 15) is 27.1 Å². The Kier molecular flexibility index (Phi) is 47.4. The number of benzene rings is 8. The van der Waals surface area contributed by atoms with Crippen molar-refractivity contribution in [2.45, 2.75) is 260 Å². The van der Waals surface area contributed by atoms with Crippen molar-refractivity contribution >= 4 is 81.2 Å². The average Bonchev–Trinajstić information content (AvgIpc) is 0.809. The van der Waals surface area contributed by atoms with Crippen LogP contribution in [0.5, 0.6) is 11.5 Å². The Bertz CT molecular complexity index is 3880. The van der Waals surface area contributed by atoms with Crippen molar-refractivity contribution in [3.05, 3.63) is 265 Å². The van der Waals surface area contributed by atoms with Crippen LogP contribution in [0.15, 0.2) is 152 Å². The first-order chi connectivity index (χ1) is 51.7. The van der Waals surface area contributed by atoms with E-state index in [0.29, 0.717) is 88.9 Å². The minimum atomic E-state index is -3.22. The van der Waals surface area contributed by atoms with Crippen LogP contribution in [0.3, 0.4) is 0 Å². The van der Waals surface area contributed by atoms with Gasteiger partial charge in [0.25, 0.3) is 5.92 Å². The summed E-state index contributed by atoms with van der Waals surface area (Å²) in [7, 11) is 1.64. The third-order valence-corrected chi connectivity index (χ3v) is 24.1. The third kappa shape index (κ3) is 37.1. The van der Waals surface area contributed by atoms with Gasteiger partial charge in [0.15, 0.2) is 0 Å². The summed E-state index contributed by atoms with van der Waals surface area (Å²) < 4.78 is 75.1. The second kappa shape index (κ2) is 50.6. The van der Waals surface area contributed by atoms with Gasteiger partial charge in [-0.3, -0.25) is 0 Å². The van der Waals surface area contributed by atoms with Gasteiger partial charge in [-0.15, -0.1) is 0 Å². The summed E-state index contributed by atoms with van der Waals surface area (Å²) in [5.74, 6) is 5.84. The molecule has 112 heavy (non-hydrogen) atoms. The highest BCUT2D eigenvalue weighted by Gasteiger charge is 2.29. The number of halogens is 12. The van der Waals surface area contributed by atoms with Crippen molar-refractivity contribution in [3.8, 4) is 11.5 Å². The van der Waals surface area contributed by atoms with Crippen molar-refractivity contribution in [1.82, 2.24) is 0 Å². The van der Waals surface area contributed by atoms with E-state index in [0.717, 1.165) is 60.6 Å². The quantitative estimate of drug-likeness (QED) is 0.0729. The van der Waals surface area contributed by atoms with Gasteiger partial charge in [-0.2, -0.15) is 8.78 Å². The van der Waals surface area contributed by atoms with Crippen LogP contribution in [-0.4, -0.2) is 24.9 Å². The van der Waals surface area contributed by atoms with E-state index >= 15 is 0 Å². The van der Waals surface area contributed by atoms with Crippen LogP contribution in [0.2, 0.25) is 35.2 Å². The third-order valence-electron chi connectivity index (χ3n) is 21.6. The summed E-state index contributed by atoms with van der Waals surface area (Å²) in [6.07, 6.45) is -3.22. The molecular formula is C97H134Cl7F5O3. The predicted molar refractivity (Wildman–Crippen MR) is 480 cm³/mol. The molecule has 15 heteroatoms. The van der Waals surface area contributed by atoms with Gasteiger partial charge in [0.1, 0.15) is 17.3 Å². The molecule has 0 unspecified atom stereocenters. The van der Waals surface area contributed by atoms with Crippen LogP contribution in [0.4, 0.5) is 22.0 Å². The summed E-state index contributed by atoms with van der Waals surface area (Å²) in [6.45, 7) is 59.6. The Morgan fingerprint density at radius 1 is 0.312 bits per heavy atom. The molecule has 8 rings (SSSR count). The van der Waals surface area contributed by atoms with Gasteiger partial charge < -0.3 is 14.6 Å². The fourth-order valence-corrected chi connectivity index (χ4v) is 12.2. The molecule has 0 saturated heterocycles. The lowest BCUT2D eigenvalue weighted by molar-refractivity contribution is -0.158. The maximum atomic E-state index is 13.3. The molecule has 0 aliphatic heterocycles. The Balaban J connectivity index is 0.000000641. The molecule has 624 valence electrons. The average molecular weight is 1690 g/mol. The SMILES string of the molecule is CC(C)[C@H](C)c1ccc(Cl)c(C(C)(F)F)c1.CC(C)[C@H](C)c1ccc(Cl)c(OC(C)(F)F)c1.CC(C)[C@H](C)c1ccc(Cl)cc1.COc1cc([C@@H](C)C(C)C)ccc1Cl.Cc1cc([C@@H](C)C(C)C)ccc1Cl.Cc1cc([C@@H](C)C(C)C)ccc1Cl.Cc1cc([C@@H](CO)C(C)C)ccc1Cl.Cc1ccc([C@@H](C)C(C)C)cc1F. The van der Waals surface area contributed by atoms with Crippen LogP contribution in [0, 0.1) is 80.9 Å². The van der Waals surface area contributed by atoms with Crippen molar-refractivity contribution < 1.29 is 36.5 Å². The van der Waals surface area contributed by atoms with Gasteiger partial charge in [0, 0.05) is 50.4 Å². The van der Waals surface area contributed by atoms with Gasteiger partial charge in [-0.05, 0) is 256 Å². The molecule has 0 radical (unpaired) electrons. The number of hydrogen-bond donors (Lipinski definition) is 1. The number of methoxy groups -OCH3 is 1. The summed E-state index contributed by atoms with van der Waals surface area (Å²) in [6, 6.07) is 48.1. The van der Waals surface area contributed by atoms with Crippen molar-refractivity contribution in [2.24, 2.45) is 47.3 Å². The molecule has 3 nitrogen and oxygen atoms in total. The molecule has 8 aromatic carbocycles. The summed E-state index contributed by atoms with van der Waals surface area (Å²) >= 11 is 41.2. The molecule has 8 atom stereocenters. The molecule has 8 aromatic rings. The van der Waals surface area contributed by atoms with Crippen LogP contribution in [-0.2, 0) is 5.92 Å². The Morgan fingerprint density at radius 3 is 0.884 bits per heavy atom. The fourth-order valence-electron chi connectivity index (χ4n) is 11.1. The van der Waals surface area contributed by atoms with Gasteiger partial charge in [0.2, 0.25) is 0 Å². The summed E-state index contributed by atoms with van der Waals surface area (Å²) in [5, 5.41) is 13.6. The number of alkyl halides is 4. The Morgan fingerprint density at radius 2 is 0.580 bits per heavy atom. The van der Waals surface area contributed by atoms with Gasteiger partial charge in [0.05, 0.1) is 23.8 Å². The number of ether oxygens (including phenoxy) is 2. The minimum Gasteiger partial charge on any atom is -0.495 e. The van der Waals surface area contributed by atoms with Crippen molar-refractivity contribution in [2.75, 3.05) is 13.7 Å². The van der Waals surface area contributed by atoms with Crippen LogP contribution >= 0.6 is 81.2 Å². The number of rotatable bonds is 21. The fraction of sp³-hybridized carbons (Fsp3) is 0.505. The van der Waals surface area contributed by atoms with Gasteiger partial charge in [-0.25, -0.2) is 13.2 Å². The predicted octanol–water partition coefficient (Wildman–Crippen LogP) is 34.6. The van der Waals surface area contributed by atoms with E-state index in [-0.39, 0.29) is 51.5 Å². The molecular weight excluding hydrogens is 1560 g/mol. The first-order valence-corrected chi connectivity index (χ1v) is 42.2. The number of aliphatic hydroxyl groups is 1. The highest BCUT2D eigenvalue weighted by atomic mass is 35.5. The van der Waals surface area contributed by atoms with E-state index in [4.69, 9.17) is 85.9 Å². The molecule has 0 aliphatic rings. The Hall–Kier alpha value is -5.00. The maximum Gasteiger partial charge on any atom is 0.394 e. The van der Waals surface area contributed by atoms with E-state index in [1.807, 2.05) is 93.6 Å². The molecule has 0 spiro atoms. The first-order valence-electron chi connectivity index (χ1n) is 39.5. The van der Waals surface area contributed by atoms with E-state index in [2.05, 4.69) is 213 Å². The number of aryl methyl sites for hydroxylation is 4. The molecule has 1 N–H and O–H groups in total. The molecule has 0 fully saturated rings. The number of aliphatic hydroxyl groups excluding tert-OH is 1. The molecule has 0 aromatic heterocycles. The monoisotopic (exact) mass is 1690 g/mol.